The first-order valence-corrected chi connectivity index (χ1v) is 18.0. The van der Waals surface area contributed by atoms with E-state index in [1.54, 1.807) is 23.3 Å². The van der Waals surface area contributed by atoms with E-state index in [9.17, 15) is 0 Å². The molecule has 0 aliphatic carbocycles. The van der Waals surface area contributed by atoms with E-state index in [4.69, 9.17) is 0 Å². The van der Waals surface area contributed by atoms with Crippen LogP contribution >= 0.6 is 0 Å². The molecule has 4 aromatic carbocycles. The van der Waals surface area contributed by atoms with Crippen molar-refractivity contribution in [1.29, 1.82) is 0 Å². The Morgan fingerprint density at radius 2 is 0.969 bits per heavy atom. The molecule has 0 amide bonds. The van der Waals surface area contributed by atoms with E-state index < -0.39 is 0 Å². The minimum Gasteiger partial charge on any atom is -0.165 e. The van der Waals surface area contributed by atoms with Gasteiger partial charge in [-0.25, -0.2) is 0 Å². The van der Waals surface area contributed by atoms with E-state index in [1.165, 1.54) is 54.9 Å². The van der Waals surface area contributed by atoms with Gasteiger partial charge in [-0.05, 0) is 11.8 Å². The van der Waals surface area contributed by atoms with Gasteiger partial charge in [0.1, 0.15) is 0 Å². The molecule has 0 spiro atoms. The van der Waals surface area contributed by atoms with Crippen LogP contribution in [0.4, 0.5) is 0 Å². The van der Waals surface area contributed by atoms with E-state index in [0.29, 0.717) is 11.8 Å². The molecule has 0 unspecified atom stereocenters. The van der Waals surface area contributed by atoms with Gasteiger partial charge in [0.15, 0.2) is 0 Å². The zero-order valence-corrected chi connectivity index (χ0v) is 25.2. The topological polar surface area (TPSA) is 0 Å². The summed E-state index contributed by atoms with van der Waals surface area (Å²) >= 11 is 1.74. The van der Waals surface area contributed by atoms with Crippen molar-refractivity contribution < 1.29 is 23.3 Å². The average Bonchev–Trinajstić information content (AvgIpc) is 3.25. The van der Waals surface area contributed by atoms with E-state index >= 15 is 0 Å². The molecule has 4 rings (SSSR count). The minimum absolute atomic E-state index is 0.210. The van der Waals surface area contributed by atoms with Crippen LogP contribution < -0.4 is 0 Å². The van der Waals surface area contributed by atoms with Crippen LogP contribution in [0.3, 0.4) is 0 Å². The molecule has 0 aromatic heterocycles. The van der Waals surface area contributed by atoms with Crippen molar-refractivity contribution in [1.82, 2.24) is 0 Å². The minimum atomic E-state index is 0.210. The van der Waals surface area contributed by atoms with Gasteiger partial charge in [0.25, 0.3) is 0 Å². The van der Waals surface area contributed by atoms with Gasteiger partial charge in [-0.2, -0.15) is 12.1 Å². The molecule has 0 aliphatic rings. The Kier molecular flexibility index (Phi) is 9.92. The molecule has 0 fully saturated rings. The fraction of sp³-hybridized carbons (Fsp3) is 0.400. The maximum absolute atomic E-state index is 2.31. The Morgan fingerprint density at radius 3 is 1.25 bits per heavy atom. The molecule has 168 valence electrons. The number of hydrogen-bond donors (Lipinski definition) is 0. The van der Waals surface area contributed by atoms with Crippen molar-refractivity contribution in [3.8, 4) is 0 Å². The molecule has 0 saturated heterocycles. The SMILES string of the molecule is C[Si](C)=[Zr+2].Cc1cc2c(C(C)C)ccc(C)c2[cH-]1.Cc1cc2c(C(C)C)ccc(C)c2[cH-]1. The van der Waals surface area contributed by atoms with Crippen LogP contribution in [0.1, 0.15) is 72.9 Å². The van der Waals surface area contributed by atoms with Crippen molar-refractivity contribution in [3.05, 3.63) is 81.9 Å². The second kappa shape index (κ2) is 11.8. The first-order valence-electron chi connectivity index (χ1n) is 11.8. The Morgan fingerprint density at radius 1 is 0.656 bits per heavy atom. The quantitative estimate of drug-likeness (QED) is 0.183. The van der Waals surface area contributed by atoms with Crippen LogP contribution in [0.2, 0.25) is 13.1 Å². The molecule has 0 heterocycles. The molecule has 0 aliphatic heterocycles. The summed E-state index contributed by atoms with van der Waals surface area (Å²) in [7, 11) is 0. The van der Waals surface area contributed by atoms with Gasteiger partial charge in [-0.15, -0.1) is 68.1 Å². The van der Waals surface area contributed by atoms with Crippen molar-refractivity contribution in [3.63, 3.8) is 0 Å². The standard InChI is InChI=1S/2C14H17.C2H6Si.Zr/c2*1-9(2)12-6-5-11(4)13-7-10(3)8-14(12)13;1-3-2;/h2*5-9H,1-4H3;1-2H3;/q2*-1;;+2. The predicted octanol–water partition coefficient (Wildman–Crippen LogP) is 9.38. The first-order chi connectivity index (χ1) is 14.9. The van der Waals surface area contributed by atoms with E-state index in [-0.39, 0.29) is 5.43 Å². The third-order valence-electron chi connectivity index (χ3n) is 5.81. The number of hydrogen-bond acceptors (Lipinski definition) is 0. The molecule has 0 bridgehead atoms. The van der Waals surface area contributed by atoms with Gasteiger partial charge in [0.05, 0.1) is 0 Å². The van der Waals surface area contributed by atoms with Gasteiger partial charge < -0.3 is 0 Å². The fourth-order valence-electron chi connectivity index (χ4n) is 4.23. The fourth-order valence-corrected chi connectivity index (χ4v) is 4.23. The first kappa shape index (κ1) is 27.0. The van der Waals surface area contributed by atoms with Crippen molar-refractivity contribution >= 4 is 27.0 Å². The van der Waals surface area contributed by atoms with Crippen LogP contribution in [-0.4, -0.2) is 5.43 Å². The summed E-state index contributed by atoms with van der Waals surface area (Å²) < 4.78 is 0. The van der Waals surface area contributed by atoms with E-state index in [0.717, 1.165) is 0 Å². The molecule has 32 heavy (non-hydrogen) atoms. The molecule has 0 N–H and O–H groups in total. The van der Waals surface area contributed by atoms with Gasteiger partial charge >= 0.3 is 41.9 Å². The number of fused-ring (bicyclic) bond motifs is 2. The van der Waals surface area contributed by atoms with Crippen LogP contribution in [-0.2, 0) is 23.3 Å². The smallest absolute Gasteiger partial charge is 0.0308 e. The molecule has 0 atom stereocenters. The van der Waals surface area contributed by atoms with E-state index in [2.05, 4.69) is 117 Å². The molecule has 0 radical (unpaired) electrons. The maximum atomic E-state index is 2.31. The zero-order valence-electron chi connectivity index (χ0n) is 21.8. The third kappa shape index (κ3) is 6.88. The van der Waals surface area contributed by atoms with Crippen LogP contribution in [0.5, 0.6) is 0 Å². The number of benzene rings is 2. The second-order valence-electron chi connectivity index (χ2n) is 9.97. The second-order valence-corrected chi connectivity index (χ2v) is 19.3. The summed E-state index contributed by atoms with van der Waals surface area (Å²) in [6.07, 6.45) is 0. The maximum Gasteiger partial charge on any atom is -0.0308 e. The average molecular weight is 520 g/mol. The summed E-state index contributed by atoms with van der Waals surface area (Å²) in [5.74, 6) is 1.22. The molecular weight excluding hydrogens is 480 g/mol. The Bertz CT molecular complexity index is 1110. The normalized spacial score (nSPS) is 10.9. The molecule has 4 aromatic rings. The number of rotatable bonds is 2. The Labute approximate surface area is 211 Å². The Hall–Kier alpha value is -1.24. The van der Waals surface area contributed by atoms with Gasteiger partial charge in [-0.3, -0.25) is 0 Å². The summed E-state index contributed by atoms with van der Waals surface area (Å²) in [6.45, 7) is 22.4. The monoisotopic (exact) mass is 518 g/mol. The third-order valence-corrected chi connectivity index (χ3v) is 5.81. The molecule has 2 heteroatoms. The summed E-state index contributed by atoms with van der Waals surface area (Å²) in [5.41, 5.74) is 8.67. The van der Waals surface area contributed by atoms with Crippen LogP contribution in [0.15, 0.2) is 48.5 Å². The summed E-state index contributed by atoms with van der Waals surface area (Å²) in [5, 5.41) is 5.73. The van der Waals surface area contributed by atoms with Gasteiger partial charge in [-0.1, -0.05) is 78.6 Å². The van der Waals surface area contributed by atoms with Gasteiger partial charge in [0.2, 0.25) is 0 Å². The zero-order chi connectivity index (χ0) is 24.2. The molecule has 0 nitrogen and oxygen atoms in total. The predicted molar refractivity (Wildman–Crippen MR) is 144 cm³/mol. The largest absolute Gasteiger partial charge is 0.165 e. The van der Waals surface area contributed by atoms with Crippen molar-refractivity contribution in [2.24, 2.45) is 0 Å². The Balaban J connectivity index is 0.000000195. The van der Waals surface area contributed by atoms with Gasteiger partial charge in [0, 0.05) is 0 Å². The van der Waals surface area contributed by atoms with Crippen molar-refractivity contribution in [2.75, 3.05) is 0 Å². The van der Waals surface area contributed by atoms with Crippen molar-refractivity contribution in [2.45, 2.75) is 80.3 Å². The summed E-state index contributed by atoms with van der Waals surface area (Å²) in [6, 6.07) is 18.2. The van der Waals surface area contributed by atoms with Crippen LogP contribution in [0.25, 0.3) is 21.5 Å². The summed E-state index contributed by atoms with van der Waals surface area (Å²) in [4.78, 5) is 0. The number of aryl methyl sites for hydroxylation is 4. The molecular formula is C30H40SiZr. The van der Waals surface area contributed by atoms with Crippen LogP contribution in [0, 0.1) is 27.7 Å². The van der Waals surface area contributed by atoms with E-state index in [1.807, 2.05) is 0 Å². The molecule has 0 saturated carbocycles.